The molecule has 0 aliphatic carbocycles. The number of carbonyl (C=O) groups is 2. The zero-order valence-electron chi connectivity index (χ0n) is 17.6. The van der Waals surface area contributed by atoms with Crippen LogP contribution >= 0.6 is 11.8 Å². The molecule has 0 saturated carbocycles. The molecule has 2 aliphatic heterocycles. The lowest BCUT2D eigenvalue weighted by atomic mass is 9.94. The minimum atomic E-state index is -0.352. The van der Waals surface area contributed by atoms with Crippen LogP contribution in [0.5, 0.6) is 11.5 Å². The van der Waals surface area contributed by atoms with Crippen molar-refractivity contribution in [2.75, 3.05) is 38.8 Å². The fourth-order valence-electron chi connectivity index (χ4n) is 3.89. The van der Waals surface area contributed by atoms with Crippen LogP contribution in [0.25, 0.3) is 0 Å². The topological polar surface area (TPSA) is 65.1 Å². The number of nitrogens with zero attached hydrogens (tertiary/aromatic N) is 1. The third-order valence-electron chi connectivity index (χ3n) is 5.58. The number of fused-ring (bicyclic) bond motifs is 1. The molecule has 1 amide bonds. The number of rotatable bonds is 7. The summed E-state index contributed by atoms with van der Waals surface area (Å²) in [6, 6.07) is 0. The predicted octanol–water partition coefficient (Wildman–Crippen LogP) is 3.53. The van der Waals surface area contributed by atoms with Gasteiger partial charge in [-0.25, -0.2) is 4.79 Å². The van der Waals surface area contributed by atoms with Crippen molar-refractivity contribution in [3.05, 3.63) is 33.9 Å². The van der Waals surface area contributed by atoms with Crippen molar-refractivity contribution in [2.24, 2.45) is 0 Å². The maximum absolute atomic E-state index is 12.4. The van der Waals surface area contributed by atoms with Gasteiger partial charge < -0.3 is 19.1 Å². The third kappa shape index (κ3) is 4.55. The molecule has 158 valence electrons. The molecule has 1 saturated heterocycles. The van der Waals surface area contributed by atoms with Gasteiger partial charge in [0.2, 0.25) is 5.91 Å². The average Bonchev–Trinajstić information content (AvgIpc) is 3.13. The van der Waals surface area contributed by atoms with Gasteiger partial charge in [-0.2, -0.15) is 11.8 Å². The Morgan fingerprint density at radius 2 is 1.86 bits per heavy atom. The lowest BCUT2D eigenvalue weighted by molar-refractivity contribution is -0.130. The van der Waals surface area contributed by atoms with Crippen molar-refractivity contribution in [3.8, 4) is 11.5 Å². The van der Waals surface area contributed by atoms with Gasteiger partial charge in [-0.05, 0) is 32.3 Å². The number of carbonyl (C=O) groups excluding carboxylic acids is 2. The first-order valence-electron chi connectivity index (χ1n) is 9.92. The highest BCUT2D eigenvalue weighted by Gasteiger charge is 2.32. The summed E-state index contributed by atoms with van der Waals surface area (Å²) in [6.45, 7) is 5.93. The summed E-state index contributed by atoms with van der Waals surface area (Å²) in [5.41, 5.74) is 4.22. The Labute approximate surface area is 176 Å². The van der Waals surface area contributed by atoms with E-state index in [2.05, 4.69) is 6.08 Å². The van der Waals surface area contributed by atoms with Crippen LogP contribution in [-0.4, -0.2) is 55.6 Å². The fourth-order valence-corrected chi connectivity index (χ4v) is 4.79. The van der Waals surface area contributed by atoms with E-state index in [1.165, 1.54) is 0 Å². The Kier molecular flexibility index (Phi) is 7.11. The van der Waals surface area contributed by atoms with Gasteiger partial charge in [0.15, 0.2) is 0 Å². The van der Waals surface area contributed by atoms with Gasteiger partial charge >= 0.3 is 5.97 Å². The summed E-state index contributed by atoms with van der Waals surface area (Å²) in [7, 11) is 3.19. The van der Waals surface area contributed by atoms with Gasteiger partial charge in [-0.1, -0.05) is 11.6 Å². The number of ether oxygens (including phenoxy) is 3. The Hall–Kier alpha value is -2.15. The summed E-state index contributed by atoms with van der Waals surface area (Å²) in [5.74, 6) is 3.18. The monoisotopic (exact) mass is 419 g/mol. The van der Waals surface area contributed by atoms with Gasteiger partial charge in [0.05, 0.1) is 14.2 Å². The second-order valence-corrected chi connectivity index (χ2v) is 8.57. The van der Waals surface area contributed by atoms with E-state index in [1.807, 2.05) is 30.5 Å². The van der Waals surface area contributed by atoms with Gasteiger partial charge in [-0.15, -0.1) is 0 Å². The maximum Gasteiger partial charge on any atom is 0.342 e. The Morgan fingerprint density at radius 3 is 2.52 bits per heavy atom. The molecule has 0 N–H and O–H groups in total. The Bertz CT molecular complexity index is 827. The zero-order chi connectivity index (χ0) is 21.0. The van der Waals surface area contributed by atoms with E-state index in [0.717, 1.165) is 59.0 Å². The van der Waals surface area contributed by atoms with Crippen molar-refractivity contribution < 1.29 is 23.8 Å². The molecule has 0 atom stereocenters. The molecule has 7 heteroatoms. The van der Waals surface area contributed by atoms with Crippen molar-refractivity contribution in [2.45, 2.75) is 39.7 Å². The van der Waals surface area contributed by atoms with E-state index in [4.69, 9.17) is 14.2 Å². The van der Waals surface area contributed by atoms with Crippen LogP contribution in [0.4, 0.5) is 0 Å². The molecule has 3 rings (SSSR count). The molecule has 0 radical (unpaired) electrons. The van der Waals surface area contributed by atoms with Crippen LogP contribution in [0.3, 0.4) is 0 Å². The summed E-state index contributed by atoms with van der Waals surface area (Å²) in [6.07, 6.45) is 3.90. The molecule has 2 heterocycles. The van der Waals surface area contributed by atoms with Crippen molar-refractivity contribution >= 4 is 23.6 Å². The smallest absolute Gasteiger partial charge is 0.342 e. The average molecular weight is 420 g/mol. The number of methoxy groups -OCH3 is 2. The molecule has 1 aromatic rings. The Morgan fingerprint density at radius 1 is 1.17 bits per heavy atom. The van der Waals surface area contributed by atoms with E-state index in [9.17, 15) is 9.59 Å². The van der Waals surface area contributed by atoms with E-state index in [0.29, 0.717) is 24.2 Å². The molecule has 2 aliphatic rings. The standard InChI is InChI=1S/C22H29NO5S/c1-14(6-8-18(24)23-9-11-29-12-10-23)5-7-16-20(26-3)15(2)17-13-28-22(25)19(17)21(16)27-4/h5H,6-13H2,1-4H3/b14-5+. The third-order valence-corrected chi connectivity index (χ3v) is 6.52. The molecule has 1 fully saturated rings. The molecule has 6 nitrogen and oxygen atoms in total. The second kappa shape index (κ2) is 9.57. The first kappa shape index (κ1) is 21.6. The maximum atomic E-state index is 12.4. The summed E-state index contributed by atoms with van der Waals surface area (Å²) >= 11 is 1.90. The first-order valence-corrected chi connectivity index (χ1v) is 11.1. The minimum absolute atomic E-state index is 0.226. The summed E-state index contributed by atoms with van der Waals surface area (Å²) < 4.78 is 16.5. The quantitative estimate of drug-likeness (QED) is 0.498. The van der Waals surface area contributed by atoms with Crippen molar-refractivity contribution in [3.63, 3.8) is 0 Å². The van der Waals surface area contributed by atoms with Crippen molar-refractivity contribution in [1.82, 2.24) is 4.90 Å². The zero-order valence-corrected chi connectivity index (χ0v) is 18.4. The molecule has 0 unspecified atom stereocenters. The normalized spacial score (nSPS) is 16.5. The van der Waals surface area contributed by atoms with E-state index in [-0.39, 0.29) is 18.5 Å². The summed E-state index contributed by atoms with van der Waals surface area (Å²) in [4.78, 5) is 26.6. The molecule has 1 aromatic carbocycles. The predicted molar refractivity (Wildman–Crippen MR) is 114 cm³/mol. The van der Waals surface area contributed by atoms with Gasteiger partial charge in [0.1, 0.15) is 23.7 Å². The van der Waals surface area contributed by atoms with Crippen LogP contribution in [0.15, 0.2) is 11.6 Å². The highest BCUT2D eigenvalue weighted by molar-refractivity contribution is 7.99. The molecular weight excluding hydrogens is 390 g/mol. The van der Waals surface area contributed by atoms with Crippen LogP contribution in [0.2, 0.25) is 0 Å². The van der Waals surface area contributed by atoms with E-state index in [1.54, 1.807) is 14.2 Å². The van der Waals surface area contributed by atoms with Crippen molar-refractivity contribution in [1.29, 1.82) is 0 Å². The molecular formula is C22H29NO5S. The largest absolute Gasteiger partial charge is 0.496 e. The molecule has 0 spiro atoms. The number of amides is 1. The van der Waals surface area contributed by atoms with E-state index < -0.39 is 0 Å². The Balaban J connectivity index is 1.75. The number of hydrogen-bond acceptors (Lipinski definition) is 6. The van der Waals surface area contributed by atoms with Crippen LogP contribution in [-0.2, 0) is 22.6 Å². The first-order chi connectivity index (χ1) is 14.0. The molecule has 0 aromatic heterocycles. The lowest BCUT2D eigenvalue weighted by Gasteiger charge is -2.26. The number of allylic oxidation sites excluding steroid dienone is 2. The lowest BCUT2D eigenvalue weighted by Crippen LogP contribution is -2.37. The number of benzene rings is 1. The van der Waals surface area contributed by atoms with Gasteiger partial charge in [0.25, 0.3) is 0 Å². The fraction of sp³-hybridized carbons (Fsp3) is 0.545. The highest BCUT2D eigenvalue weighted by Crippen LogP contribution is 2.42. The number of hydrogen-bond donors (Lipinski definition) is 0. The van der Waals surface area contributed by atoms with Crippen LogP contribution in [0.1, 0.15) is 46.8 Å². The summed E-state index contributed by atoms with van der Waals surface area (Å²) in [5, 5.41) is 0. The van der Waals surface area contributed by atoms with E-state index >= 15 is 0 Å². The van der Waals surface area contributed by atoms with Crippen LogP contribution < -0.4 is 9.47 Å². The molecule has 0 bridgehead atoms. The number of esters is 1. The highest BCUT2D eigenvalue weighted by atomic mass is 32.2. The SMILES string of the molecule is COc1c(C)c2c(c(OC)c1C/C=C(\C)CCC(=O)N1CCSCC1)C(=O)OC2. The number of cyclic esters (lactones) is 1. The minimum Gasteiger partial charge on any atom is -0.496 e. The van der Waals surface area contributed by atoms with Gasteiger partial charge in [-0.3, -0.25) is 4.79 Å². The molecule has 29 heavy (non-hydrogen) atoms. The second-order valence-electron chi connectivity index (χ2n) is 7.35. The number of thioether (sulfide) groups is 1. The van der Waals surface area contributed by atoms with Crippen LogP contribution in [0, 0.1) is 6.92 Å². The van der Waals surface area contributed by atoms with Gasteiger partial charge in [0, 0.05) is 42.1 Å².